The molecule has 0 radical (unpaired) electrons. The van der Waals surface area contributed by atoms with Gasteiger partial charge >= 0.3 is 0 Å². The Morgan fingerprint density at radius 3 is 1.54 bits per heavy atom. The molecule has 0 aliphatic carbocycles. The predicted molar refractivity (Wildman–Crippen MR) is 61.5 cm³/mol. The van der Waals surface area contributed by atoms with Crippen LogP contribution in [0.25, 0.3) is 0 Å². The molecule has 0 N–H and O–H groups in total. The summed E-state index contributed by atoms with van der Waals surface area (Å²) in [5, 5.41) is 1.52. The Balaban J connectivity index is 3.56. The van der Waals surface area contributed by atoms with E-state index in [0.717, 1.165) is 16.0 Å². The molecule has 1 rings (SSSR count). The third-order valence-corrected chi connectivity index (χ3v) is 4.64. The van der Waals surface area contributed by atoms with Crippen molar-refractivity contribution >= 4 is 15.4 Å². The van der Waals surface area contributed by atoms with Gasteiger partial charge in [0.1, 0.15) is 5.75 Å². The molecule has 0 bridgehead atoms. The maximum absolute atomic E-state index is 5.41. The van der Waals surface area contributed by atoms with Crippen LogP contribution in [0.2, 0.25) is 0 Å². The average molecular weight is 194 g/mol. The molecule has 0 aliphatic rings. The first-order chi connectivity index (χ1) is 6.00. The topological polar surface area (TPSA) is 9.23 Å². The first-order valence-corrected chi connectivity index (χ1v) is 5.61. The lowest BCUT2D eigenvalue weighted by molar-refractivity contribution is 0.408. The largest absolute Gasteiger partial charge is 0.496 e. The van der Waals surface area contributed by atoms with Gasteiger partial charge in [0, 0.05) is 10.2 Å². The van der Waals surface area contributed by atoms with Crippen LogP contribution in [0.5, 0.6) is 5.75 Å². The van der Waals surface area contributed by atoms with Gasteiger partial charge in [-0.15, -0.1) is 0 Å². The summed E-state index contributed by atoms with van der Waals surface area (Å²) in [6.45, 7) is 8.66. The van der Waals surface area contributed by atoms with Gasteiger partial charge < -0.3 is 4.74 Å². The van der Waals surface area contributed by atoms with E-state index in [1.165, 1.54) is 27.4 Å². The smallest absolute Gasteiger partial charge is 0.125 e. The Kier molecular flexibility index (Phi) is 2.81. The maximum atomic E-state index is 5.41. The van der Waals surface area contributed by atoms with Gasteiger partial charge in [-0.3, -0.25) is 0 Å². The van der Waals surface area contributed by atoms with E-state index in [1.807, 2.05) is 0 Å². The fourth-order valence-electron chi connectivity index (χ4n) is 1.77. The van der Waals surface area contributed by atoms with Crippen molar-refractivity contribution < 1.29 is 4.74 Å². The third kappa shape index (κ3) is 1.51. The zero-order valence-electron chi connectivity index (χ0n) is 9.41. The Bertz CT molecular complexity index is 313. The van der Waals surface area contributed by atoms with E-state index in [1.54, 1.807) is 7.11 Å². The Morgan fingerprint density at radius 1 is 0.846 bits per heavy atom. The third-order valence-electron chi connectivity index (χ3n) is 3.14. The van der Waals surface area contributed by atoms with Gasteiger partial charge in [-0.25, -0.2) is 0 Å². The minimum Gasteiger partial charge on any atom is -0.496 e. The van der Waals surface area contributed by atoms with Crippen molar-refractivity contribution in [2.24, 2.45) is 0 Å². The van der Waals surface area contributed by atoms with Crippen LogP contribution in [0, 0.1) is 27.7 Å². The second-order valence-corrected chi connectivity index (χ2v) is 4.66. The number of hydrogen-bond acceptors (Lipinski definition) is 1. The van der Waals surface area contributed by atoms with E-state index < -0.39 is 0 Å². The van der Waals surface area contributed by atoms with Crippen LogP contribution >= 0.6 is 0 Å². The SMILES string of the molecule is COc1c(C)c(C)c([SiH3])c(C)c1C. The number of hydrogen-bond donors (Lipinski definition) is 0. The highest BCUT2D eigenvalue weighted by molar-refractivity contribution is 6.34. The molecule has 1 aromatic carbocycles. The van der Waals surface area contributed by atoms with Gasteiger partial charge in [0.05, 0.1) is 7.11 Å². The molecular weight excluding hydrogens is 176 g/mol. The Hall–Kier alpha value is -0.763. The molecule has 0 fully saturated rings. The van der Waals surface area contributed by atoms with Crippen LogP contribution in [-0.4, -0.2) is 17.4 Å². The first kappa shape index (κ1) is 10.3. The Morgan fingerprint density at radius 2 is 1.23 bits per heavy atom. The zero-order valence-corrected chi connectivity index (χ0v) is 11.4. The second kappa shape index (κ2) is 3.54. The highest BCUT2D eigenvalue weighted by Crippen LogP contribution is 2.26. The molecule has 0 atom stereocenters. The zero-order chi connectivity index (χ0) is 10.2. The standard InChI is InChI=1S/C11H18OSi/c1-6-8(3)11(13)9(4)7(2)10(6)12-5/h1-5,13H3. The molecule has 0 unspecified atom stereocenters. The molecule has 13 heavy (non-hydrogen) atoms. The molecule has 0 spiro atoms. The molecule has 0 saturated heterocycles. The molecule has 0 heterocycles. The van der Waals surface area contributed by atoms with E-state index in [9.17, 15) is 0 Å². The van der Waals surface area contributed by atoms with Crippen LogP contribution in [0.3, 0.4) is 0 Å². The summed E-state index contributed by atoms with van der Waals surface area (Å²) >= 11 is 0. The minimum atomic E-state index is 1.06. The van der Waals surface area contributed by atoms with Gasteiger partial charge in [-0.05, 0) is 49.9 Å². The average Bonchev–Trinajstić information content (AvgIpc) is 2.13. The van der Waals surface area contributed by atoms with Crippen molar-refractivity contribution in [3.05, 3.63) is 22.3 Å². The highest BCUT2D eigenvalue weighted by atomic mass is 28.1. The summed E-state index contributed by atoms with van der Waals surface area (Å²) in [5.74, 6) is 1.06. The lowest BCUT2D eigenvalue weighted by Gasteiger charge is -2.17. The van der Waals surface area contributed by atoms with Crippen molar-refractivity contribution in [2.75, 3.05) is 7.11 Å². The van der Waals surface area contributed by atoms with Crippen LogP contribution < -0.4 is 9.92 Å². The molecule has 1 aromatic rings. The quantitative estimate of drug-likeness (QED) is 0.604. The molecule has 1 nitrogen and oxygen atoms in total. The van der Waals surface area contributed by atoms with Crippen molar-refractivity contribution in [3.8, 4) is 5.75 Å². The molecule has 72 valence electrons. The van der Waals surface area contributed by atoms with E-state index in [4.69, 9.17) is 4.74 Å². The van der Waals surface area contributed by atoms with Gasteiger partial charge in [0.25, 0.3) is 0 Å². The van der Waals surface area contributed by atoms with Crippen LogP contribution in [-0.2, 0) is 0 Å². The maximum Gasteiger partial charge on any atom is 0.125 e. The molecule has 0 saturated carbocycles. The summed E-state index contributed by atoms with van der Waals surface area (Å²) in [6, 6.07) is 0. The summed E-state index contributed by atoms with van der Waals surface area (Å²) in [5.41, 5.74) is 5.42. The van der Waals surface area contributed by atoms with E-state index >= 15 is 0 Å². The lowest BCUT2D eigenvalue weighted by atomic mass is 10.00. The van der Waals surface area contributed by atoms with E-state index in [-0.39, 0.29) is 0 Å². The van der Waals surface area contributed by atoms with Gasteiger partial charge in [-0.1, -0.05) is 5.19 Å². The molecule has 2 heteroatoms. The number of ether oxygens (including phenoxy) is 1. The minimum absolute atomic E-state index is 1.06. The van der Waals surface area contributed by atoms with E-state index in [2.05, 4.69) is 27.7 Å². The molecule has 0 aromatic heterocycles. The van der Waals surface area contributed by atoms with Crippen LogP contribution in [0.1, 0.15) is 22.3 Å². The number of rotatable bonds is 1. The predicted octanol–water partition coefficient (Wildman–Crippen LogP) is 0.920. The fraction of sp³-hybridized carbons (Fsp3) is 0.455. The fourth-order valence-corrected chi connectivity index (χ4v) is 2.52. The first-order valence-electron chi connectivity index (χ1n) is 4.61. The number of methoxy groups -OCH3 is 1. The van der Waals surface area contributed by atoms with Crippen LogP contribution in [0.4, 0.5) is 0 Å². The van der Waals surface area contributed by atoms with E-state index in [0.29, 0.717) is 0 Å². The normalized spacial score (nSPS) is 10.5. The molecule has 0 aliphatic heterocycles. The summed E-state index contributed by atoms with van der Waals surface area (Å²) in [6.07, 6.45) is 0. The molecular formula is C11H18OSi. The Labute approximate surface area is 83.5 Å². The lowest BCUT2D eigenvalue weighted by Crippen LogP contribution is -2.16. The summed E-state index contributed by atoms with van der Waals surface area (Å²) in [4.78, 5) is 0. The van der Waals surface area contributed by atoms with Crippen molar-refractivity contribution in [3.63, 3.8) is 0 Å². The van der Waals surface area contributed by atoms with Crippen molar-refractivity contribution in [1.29, 1.82) is 0 Å². The van der Waals surface area contributed by atoms with Crippen molar-refractivity contribution in [1.82, 2.24) is 0 Å². The van der Waals surface area contributed by atoms with Gasteiger partial charge in [0.15, 0.2) is 0 Å². The number of benzene rings is 1. The second-order valence-electron chi connectivity index (χ2n) is 3.66. The summed E-state index contributed by atoms with van der Waals surface area (Å²) in [7, 11) is 2.87. The van der Waals surface area contributed by atoms with Gasteiger partial charge in [-0.2, -0.15) is 0 Å². The highest BCUT2D eigenvalue weighted by Gasteiger charge is 2.11. The van der Waals surface area contributed by atoms with Crippen LogP contribution in [0.15, 0.2) is 0 Å². The molecule has 0 amide bonds. The van der Waals surface area contributed by atoms with Gasteiger partial charge in [0.2, 0.25) is 0 Å². The summed E-state index contributed by atoms with van der Waals surface area (Å²) < 4.78 is 5.41. The van der Waals surface area contributed by atoms with Crippen molar-refractivity contribution in [2.45, 2.75) is 27.7 Å². The monoisotopic (exact) mass is 194 g/mol.